The summed E-state index contributed by atoms with van der Waals surface area (Å²) in [5.41, 5.74) is 1.30. The van der Waals surface area contributed by atoms with Crippen LogP contribution in [0, 0.1) is 0 Å². The number of nitrogens with zero attached hydrogens (tertiary/aromatic N) is 1. The van der Waals surface area contributed by atoms with Crippen LogP contribution in [0.2, 0.25) is 0 Å². The molecule has 3 unspecified atom stereocenters. The Morgan fingerprint density at radius 1 is 1.16 bits per heavy atom. The van der Waals surface area contributed by atoms with Gasteiger partial charge in [-0.05, 0) is 38.0 Å². The summed E-state index contributed by atoms with van der Waals surface area (Å²) >= 11 is 0. The molecule has 144 valence electrons. The van der Waals surface area contributed by atoms with Crippen molar-refractivity contribution in [2.45, 2.75) is 45.5 Å². The molecule has 1 aliphatic heterocycles. The molecular formula is C19H32ClNO4. The molecule has 1 aromatic rings. The fourth-order valence-electron chi connectivity index (χ4n) is 3.04. The number of aliphatic hydroxyl groups is 1. The van der Waals surface area contributed by atoms with Gasteiger partial charge in [0.1, 0.15) is 12.4 Å². The lowest BCUT2D eigenvalue weighted by Crippen LogP contribution is -2.48. The number of hydrogen-bond acceptors (Lipinski definition) is 5. The zero-order chi connectivity index (χ0) is 17.4. The van der Waals surface area contributed by atoms with Crippen molar-refractivity contribution in [1.82, 2.24) is 4.90 Å². The quantitative estimate of drug-likeness (QED) is 0.674. The summed E-state index contributed by atoms with van der Waals surface area (Å²) in [4.78, 5) is 2.23. The van der Waals surface area contributed by atoms with Gasteiger partial charge < -0.3 is 19.3 Å². The highest BCUT2D eigenvalue weighted by atomic mass is 35.5. The Morgan fingerprint density at radius 3 is 2.40 bits per heavy atom. The highest BCUT2D eigenvalue weighted by molar-refractivity contribution is 5.85. The van der Waals surface area contributed by atoms with Gasteiger partial charge in [0.15, 0.2) is 0 Å². The first-order valence-electron chi connectivity index (χ1n) is 8.92. The standard InChI is InChI=1S/C19H31NO4.ClH/c1-4-17-5-7-19(8-6-17)23-10-9-22-14-18(21)13-20-11-15(2)24-16(3)12-20;/h5-8,15-16,18,21H,4,9-14H2,1-3H3;1H. The second-order valence-electron chi connectivity index (χ2n) is 6.55. The summed E-state index contributed by atoms with van der Waals surface area (Å²) in [5, 5.41) is 10.1. The van der Waals surface area contributed by atoms with Crippen molar-refractivity contribution >= 4 is 12.4 Å². The Morgan fingerprint density at radius 2 is 1.80 bits per heavy atom. The molecule has 0 radical (unpaired) electrons. The molecule has 0 spiro atoms. The maximum absolute atomic E-state index is 10.1. The average molecular weight is 374 g/mol. The number of β-amino-alcohol motifs (C(OH)–C–C–N with tert-alkyl or cyclic N) is 1. The van der Waals surface area contributed by atoms with Crippen LogP contribution in [0.1, 0.15) is 26.3 Å². The van der Waals surface area contributed by atoms with Crippen molar-refractivity contribution in [3.63, 3.8) is 0 Å². The van der Waals surface area contributed by atoms with Crippen molar-refractivity contribution in [2.24, 2.45) is 0 Å². The molecule has 25 heavy (non-hydrogen) atoms. The topological polar surface area (TPSA) is 51.2 Å². The number of benzene rings is 1. The van der Waals surface area contributed by atoms with E-state index in [1.165, 1.54) is 5.56 Å². The Bertz CT molecular complexity index is 461. The Balaban J connectivity index is 0.00000312. The fourth-order valence-corrected chi connectivity index (χ4v) is 3.04. The van der Waals surface area contributed by atoms with E-state index in [2.05, 4.69) is 37.8 Å². The van der Waals surface area contributed by atoms with Gasteiger partial charge in [-0.15, -0.1) is 12.4 Å². The smallest absolute Gasteiger partial charge is 0.119 e. The van der Waals surface area contributed by atoms with Gasteiger partial charge in [-0.1, -0.05) is 19.1 Å². The normalized spacial score (nSPS) is 22.2. The van der Waals surface area contributed by atoms with E-state index in [0.29, 0.717) is 26.4 Å². The van der Waals surface area contributed by atoms with E-state index in [1.54, 1.807) is 0 Å². The van der Waals surface area contributed by atoms with Gasteiger partial charge in [-0.3, -0.25) is 4.90 Å². The van der Waals surface area contributed by atoms with Gasteiger partial charge in [-0.25, -0.2) is 0 Å². The third-order valence-corrected chi connectivity index (χ3v) is 4.10. The zero-order valence-electron chi connectivity index (χ0n) is 15.5. The molecule has 3 atom stereocenters. The zero-order valence-corrected chi connectivity index (χ0v) is 16.3. The van der Waals surface area contributed by atoms with Crippen molar-refractivity contribution < 1.29 is 19.3 Å². The molecular weight excluding hydrogens is 342 g/mol. The van der Waals surface area contributed by atoms with Gasteiger partial charge in [0, 0.05) is 19.6 Å². The van der Waals surface area contributed by atoms with Crippen LogP contribution in [0.25, 0.3) is 0 Å². The molecule has 5 nitrogen and oxygen atoms in total. The molecule has 0 saturated carbocycles. The molecule has 1 aromatic carbocycles. The molecule has 0 amide bonds. The van der Waals surface area contributed by atoms with E-state index in [1.807, 2.05) is 12.1 Å². The first-order chi connectivity index (χ1) is 11.6. The van der Waals surface area contributed by atoms with Gasteiger partial charge in [-0.2, -0.15) is 0 Å². The van der Waals surface area contributed by atoms with Crippen LogP contribution in [0.3, 0.4) is 0 Å². The lowest BCUT2D eigenvalue weighted by molar-refractivity contribution is -0.0824. The second-order valence-corrected chi connectivity index (χ2v) is 6.55. The van der Waals surface area contributed by atoms with Crippen LogP contribution in [0.4, 0.5) is 0 Å². The van der Waals surface area contributed by atoms with Gasteiger partial charge >= 0.3 is 0 Å². The molecule has 2 rings (SSSR count). The number of halogens is 1. The lowest BCUT2D eigenvalue weighted by atomic mass is 10.2. The second kappa shape index (κ2) is 11.7. The first-order valence-corrected chi connectivity index (χ1v) is 8.92. The summed E-state index contributed by atoms with van der Waals surface area (Å²) in [7, 11) is 0. The van der Waals surface area contributed by atoms with E-state index in [-0.39, 0.29) is 24.6 Å². The minimum atomic E-state index is -0.480. The predicted molar refractivity (Wildman–Crippen MR) is 102 cm³/mol. The average Bonchev–Trinajstić information content (AvgIpc) is 2.54. The molecule has 0 aromatic heterocycles. The molecule has 1 fully saturated rings. The molecule has 0 aliphatic carbocycles. The highest BCUT2D eigenvalue weighted by Crippen LogP contribution is 2.13. The highest BCUT2D eigenvalue weighted by Gasteiger charge is 2.23. The first kappa shape index (κ1) is 22.2. The van der Waals surface area contributed by atoms with Crippen LogP contribution in [-0.2, 0) is 15.9 Å². The van der Waals surface area contributed by atoms with Crippen molar-refractivity contribution in [2.75, 3.05) is 39.5 Å². The van der Waals surface area contributed by atoms with Gasteiger partial charge in [0.2, 0.25) is 0 Å². The summed E-state index contributed by atoms with van der Waals surface area (Å²) in [6.07, 6.45) is 0.984. The summed E-state index contributed by atoms with van der Waals surface area (Å²) in [6, 6.07) is 8.11. The number of hydrogen-bond donors (Lipinski definition) is 1. The molecule has 1 heterocycles. The number of morpholine rings is 1. The monoisotopic (exact) mass is 373 g/mol. The van der Waals surface area contributed by atoms with E-state index in [4.69, 9.17) is 14.2 Å². The summed E-state index contributed by atoms with van der Waals surface area (Å²) < 4.78 is 16.9. The molecule has 1 N–H and O–H groups in total. The number of aliphatic hydroxyl groups excluding tert-OH is 1. The van der Waals surface area contributed by atoms with Crippen molar-refractivity contribution in [3.05, 3.63) is 29.8 Å². The lowest BCUT2D eigenvalue weighted by Gasteiger charge is -2.36. The van der Waals surface area contributed by atoms with E-state index < -0.39 is 6.10 Å². The number of aryl methyl sites for hydroxylation is 1. The SMILES string of the molecule is CCc1ccc(OCCOCC(O)CN2CC(C)OC(C)C2)cc1.Cl. The van der Waals surface area contributed by atoms with Gasteiger partial charge in [0.05, 0.1) is 31.5 Å². The van der Waals surface area contributed by atoms with E-state index in [0.717, 1.165) is 25.3 Å². The molecule has 6 heteroatoms. The predicted octanol–water partition coefficient (Wildman–Crippen LogP) is 2.54. The Labute approximate surface area is 157 Å². The number of rotatable bonds is 9. The van der Waals surface area contributed by atoms with Crippen LogP contribution in [0.15, 0.2) is 24.3 Å². The van der Waals surface area contributed by atoms with Crippen LogP contribution >= 0.6 is 12.4 Å². The third kappa shape index (κ3) is 8.38. The molecule has 1 saturated heterocycles. The minimum Gasteiger partial charge on any atom is -0.491 e. The summed E-state index contributed by atoms with van der Waals surface area (Å²) in [5.74, 6) is 0.854. The molecule has 0 bridgehead atoms. The van der Waals surface area contributed by atoms with Crippen molar-refractivity contribution in [3.8, 4) is 5.75 Å². The Hall–Kier alpha value is -0.850. The molecule has 1 aliphatic rings. The minimum absolute atomic E-state index is 0. The third-order valence-electron chi connectivity index (χ3n) is 4.10. The van der Waals surface area contributed by atoms with E-state index >= 15 is 0 Å². The van der Waals surface area contributed by atoms with Crippen molar-refractivity contribution in [1.29, 1.82) is 0 Å². The van der Waals surface area contributed by atoms with E-state index in [9.17, 15) is 5.11 Å². The maximum atomic E-state index is 10.1. The summed E-state index contributed by atoms with van der Waals surface area (Å²) in [6.45, 7) is 9.90. The Kier molecular flexibility index (Phi) is 10.4. The largest absolute Gasteiger partial charge is 0.491 e. The van der Waals surface area contributed by atoms with Crippen LogP contribution in [0.5, 0.6) is 5.75 Å². The fraction of sp³-hybridized carbons (Fsp3) is 0.684. The maximum Gasteiger partial charge on any atom is 0.119 e. The van der Waals surface area contributed by atoms with Crippen LogP contribution in [-0.4, -0.2) is 67.8 Å². The van der Waals surface area contributed by atoms with Gasteiger partial charge in [0.25, 0.3) is 0 Å². The van der Waals surface area contributed by atoms with Crippen LogP contribution < -0.4 is 4.74 Å². The number of ether oxygens (including phenoxy) is 3.